The first-order valence-corrected chi connectivity index (χ1v) is 8.84. The molecule has 1 aromatic rings. The zero-order valence-electron chi connectivity index (χ0n) is 13.9. The molecule has 2 amide bonds. The molecule has 23 heavy (non-hydrogen) atoms. The lowest BCUT2D eigenvalue weighted by Gasteiger charge is -2.22. The molecule has 2 rings (SSSR count). The molecule has 0 bridgehead atoms. The van der Waals surface area contributed by atoms with Crippen molar-refractivity contribution in [2.45, 2.75) is 51.4 Å². The van der Waals surface area contributed by atoms with Crippen LogP contribution in [0.15, 0.2) is 30.3 Å². The molecule has 1 N–H and O–H groups in total. The Balaban J connectivity index is 1.78. The van der Waals surface area contributed by atoms with Gasteiger partial charge in [0.05, 0.1) is 0 Å². The van der Waals surface area contributed by atoms with Crippen LogP contribution in [0, 0.1) is 0 Å². The highest BCUT2D eigenvalue weighted by Crippen LogP contribution is 2.09. The van der Waals surface area contributed by atoms with Crippen LogP contribution in [0.4, 0.5) is 0 Å². The zero-order chi connectivity index (χ0) is 16.3. The summed E-state index contributed by atoms with van der Waals surface area (Å²) in [4.78, 5) is 26.1. The van der Waals surface area contributed by atoms with Crippen LogP contribution in [0.2, 0.25) is 0 Å². The molecular weight excluding hydrogens is 288 g/mol. The van der Waals surface area contributed by atoms with Gasteiger partial charge in [0.15, 0.2) is 0 Å². The second-order valence-electron chi connectivity index (χ2n) is 6.23. The smallest absolute Gasteiger partial charge is 0.222 e. The summed E-state index contributed by atoms with van der Waals surface area (Å²) in [5.74, 6) is 0.252. The largest absolute Gasteiger partial charge is 0.356 e. The van der Waals surface area contributed by atoms with E-state index in [1.165, 1.54) is 5.56 Å². The van der Waals surface area contributed by atoms with Crippen LogP contribution in [-0.2, 0) is 16.0 Å². The van der Waals surface area contributed by atoms with Crippen molar-refractivity contribution in [1.29, 1.82) is 0 Å². The van der Waals surface area contributed by atoms with Gasteiger partial charge in [-0.1, -0.05) is 43.2 Å². The average Bonchev–Trinajstić information content (AvgIpc) is 2.61. The molecule has 1 fully saturated rings. The van der Waals surface area contributed by atoms with Crippen molar-refractivity contribution in [3.8, 4) is 0 Å². The molecule has 126 valence electrons. The van der Waals surface area contributed by atoms with E-state index in [1.807, 2.05) is 23.1 Å². The van der Waals surface area contributed by atoms with Crippen molar-refractivity contribution in [2.75, 3.05) is 19.6 Å². The fourth-order valence-corrected chi connectivity index (χ4v) is 2.94. The maximum atomic E-state index is 12.4. The fourth-order valence-electron chi connectivity index (χ4n) is 2.94. The highest BCUT2D eigenvalue weighted by Gasteiger charge is 2.15. The number of nitrogens with one attached hydrogen (secondary N) is 1. The molecule has 1 aliphatic heterocycles. The van der Waals surface area contributed by atoms with Gasteiger partial charge in [0.25, 0.3) is 0 Å². The van der Waals surface area contributed by atoms with Crippen LogP contribution in [0.1, 0.15) is 50.5 Å². The van der Waals surface area contributed by atoms with E-state index in [0.29, 0.717) is 19.4 Å². The van der Waals surface area contributed by atoms with Gasteiger partial charge in [-0.3, -0.25) is 9.59 Å². The predicted octanol–water partition coefficient (Wildman–Crippen LogP) is 2.92. The number of benzene rings is 1. The topological polar surface area (TPSA) is 49.4 Å². The van der Waals surface area contributed by atoms with E-state index in [4.69, 9.17) is 0 Å². The summed E-state index contributed by atoms with van der Waals surface area (Å²) >= 11 is 0. The zero-order valence-corrected chi connectivity index (χ0v) is 13.9. The second kappa shape index (κ2) is 10.0. The first-order valence-electron chi connectivity index (χ1n) is 8.84. The Hall–Kier alpha value is -1.84. The molecule has 0 aromatic heterocycles. The lowest BCUT2D eigenvalue weighted by Crippen LogP contribution is -2.35. The van der Waals surface area contributed by atoms with E-state index >= 15 is 0 Å². The van der Waals surface area contributed by atoms with Gasteiger partial charge >= 0.3 is 0 Å². The highest BCUT2D eigenvalue weighted by molar-refractivity contribution is 5.79. The molecule has 0 saturated carbocycles. The van der Waals surface area contributed by atoms with Gasteiger partial charge in [0.1, 0.15) is 0 Å². The van der Waals surface area contributed by atoms with Crippen LogP contribution >= 0.6 is 0 Å². The van der Waals surface area contributed by atoms with Crippen LogP contribution in [0.5, 0.6) is 0 Å². The average molecular weight is 316 g/mol. The Morgan fingerprint density at radius 1 is 1.04 bits per heavy atom. The molecule has 0 spiro atoms. The summed E-state index contributed by atoms with van der Waals surface area (Å²) in [7, 11) is 0. The highest BCUT2D eigenvalue weighted by atomic mass is 16.2. The predicted molar refractivity (Wildman–Crippen MR) is 92.1 cm³/mol. The van der Waals surface area contributed by atoms with Gasteiger partial charge in [-0.15, -0.1) is 0 Å². The minimum absolute atomic E-state index is 0.0639. The third-order valence-corrected chi connectivity index (χ3v) is 4.34. The first-order chi connectivity index (χ1) is 11.3. The summed E-state index contributed by atoms with van der Waals surface area (Å²) in [5.41, 5.74) is 1.28. The van der Waals surface area contributed by atoms with Gasteiger partial charge in [0, 0.05) is 32.5 Å². The normalized spacial score (nSPS) is 17.2. The summed E-state index contributed by atoms with van der Waals surface area (Å²) in [6.07, 6.45) is 7.11. The van der Waals surface area contributed by atoms with E-state index in [-0.39, 0.29) is 11.8 Å². The Labute approximate surface area is 139 Å². The van der Waals surface area contributed by atoms with E-state index in [9.17, 15) is 9.59 Å². The number of carbonyl (C=O) groups is 2. The number of carbonyl (C=O) groups excluding carboxylic acids is 2. The molecule has 0 aliphatic carbocycles. The first kappa shape index (κ1) is 17.5. The Morgan fingerprint density at radius 3 is 2.65 bits per heavy atom. The molecule has 1 aliphatic rings. The van der Waals surface area contributed by atoms with Crippen LogP contribution in [-0.4, -0.2) is 36.3 Å². The quantitative estimate of drug-likeness (QED) is 0.928. The van der Waals surface area contributed by atoms with Crippen molar-refractivity contribution in [3.05, 3.63) is 35.9 Å². The lowest BCUT2D eigenvalue weighted by atomic mass is 10.1. The van der Waals surface area contributed by atoms with E-state index in [0.717, 1.165) is 51.6 Å². The maximum Gasteiger partial charge on any atom is 0.222 e. The molecule has 0 atom stereocenters. The Morgan fingerprint density at radius 2 is 1.83 bits per heavy atom. The molecule has 1 heterocycles. The standard InChI is InChI=1S/C19H28N2O2/c22-18-13-16-21(15-7-2-1-6-14-20-18)19(23)12-8-11-17-9-4-3-5-10-17/h3-5,9-10H,1-2,6-8,11-16H2,(H,20,22). The van der Waals surface area contributed by atoms with Crippen molar-refractivity contribution in [2.24, 2.45) is 0 Å². The van der Waals surface area contributed by atoms with E-state index < -0.39 is 0 Å². The van der Waals surface area contributed by atoms with Gasteiger partial charge in [-0.25, -0.2) is 0 Å². The van der Waals surface area contributed by atoms with Gasteiger partial charge in [-0.2, -0.15) is 0 Å². The summed E-state index contributed by atoms with van der Waals surface area (Å²) in [6.45, 7) is 2.11. The number of hydrogen-bond donors (Lipinski definition) is 1. The molecule has 1 saturated heterocycles. The molecule has 0 unspecified atom stereocenters. The van der Waals surface area contributed by atoms with Crippen molar-refractivity contribution in [3.63, 3.8) is 0 Å². The summed E-state index contributed by atoms with van der Waals surface area (Å²) < 4.78 is 0. The third-order valence-electron chi connectivity index (χ3n) is 4.34. The van der Waals surface area contributed by atoms with Gasteiger partial charge in [0.2, 0.25) is 11.8 Å². The number of rotatable bonds is 4. The minimum atomic E-state index is 0.0639. The van der Waals surface area contributed by atoms with Crippen LogP contribution in [0.25, 0.3) is 0 Å². The number of aryl methyl sites for hydroxylation is 1. The molecule has 1 aromatic carbocycles. The van der Waals surface area contributed by atoms with Gasteiger partial charge in [-0.05, 0) is 31.2 Å². The van der Waals surface area contributed by atoms with Crippen molar-refractivity contribution >= 4 is 11.8 Å². The van der Waals surface area contributed by atoms with E-state index in [2.05, 4.69) is 17.4 Å². The number of nitrogens with zero attached hydrogens (tertiary/aromatic N) is 1. The van der Waals surface area contributed by atoms with Crippen LogP contribution in [0.3, 0.4) is 0 Å². The van der Waals surface area contributed by atoms with Crippen LogP contribution < -0.4 is 5.32 Å². The third kappa shape index (κ3) is 6.85. The molecule has 4 heteroatoms. The second-order valence-corrected chi connectivity index (χ2v) is 6.23. The summed E-state index contributed by atoms with van der Waals surface area (Å²) in [5, 5.41) is 2.93. The molecular formula is C19H28N2O2. The maximum absolute atomic E-state index is 12.4. The minimum Gasteiger partial charge on any atom is -0.356 e. The van der Waals surface area contributed by atoms with Crippen molar-refractivity contribution in [1.82, 2.24) is 10.2 Å². The molecule has 0 radical (unpaired) electrons. The Kier molecular flexibility index (Phi) is 7.64. The summed E-state index contributed by atoms with van der Waals surface area (Å²) in [6, 6.07) is 10.3. The van der Waals surface area contributed by atoms with E-state index in [1.54, 1.807) is 0 Å². The SMILES string of the molecule is O=C1CCN(C(=O)CCCc2ccccc2)CCCCCCN1. The van der Waals surface area contributed by atoms with Crippen molar-refractivity contribution < 1.29 is 9.59 Å². The lowest BCUT2D eigenvalue weighted by molar-refractivity contribution is -0.132. The van der Waals surface area contributed by atoms with Gasteiger partial charge < -0.3 is 10.2 Å². The fraction of sp³-hybridized carbons (Fsp3) is 0.579. The molecule has 4 nitrogen and oxygen atoms in total. The Bertz CT molecular complexity index is 487. The monoisotopic (exact) mass is 316 g/mol. The number of amides is 2. The number of hydrogen-bond acceptors (Lipinski definition) is 2.